The largest absolute Gasteiger partial charge is 0.486 e. The maximum absolute atomic E-state index is 13.4. The number of hydrogen-bond donors (Lipinski definition) is 0. The number of fused-ring (bicyclic) bond motifs is 2. The highest BCUT2D eigenvalue weighted by atomic mass is 19.1. The number of likely N-dealkylation sites (N-methyl/N-ethyl adjacent to an activating group) is 1. The molecule has 0 N–H and O–H groups in total. The molecule has 1 saturated heterocycles. The zero-order chi connectivity index (χ0) is 16.7. The number of halogens is 1. The summed E-state index contributed by atoms with van der Waals surface area (Å²) in [5.41, 5.74) is 1.55. The lowest BCUT2D eigenvalue weighted by Gasteiger charge is -2.25. The first-order valence-electron chi connectivity index (χ1n) is 8.11. The van der Waals surface area contributed by atoms with Crippen LogP contribution in [-0.4, -0.2) is 48.0 Å². The van der Waals surface area contributed by atoms with Crippen molar-refractivity contribution in [2.75, 3.05) is 20.1 Å². The molecule has 4 nitrogen and oxygen atoms in total. The van der Waals surface area contributed by atoms with Crippen LogP contribution in [0.4, 0.5) is 4.39 Å². The fourth-order valence-electron chi connectivity index (χ4n) is 3.59. The summed E-state index contributed by atoms with van der Waals surface area (Å²) in [5, 5.41) is 0. The van der Waals surface area contributed by atoms with Gasteiger partial charge in [0.15, 0.2) is 0 Å². The van der Waals surface area contributed by atoms with Gasteiger partial charge in [0.1, 0.15) is 17.7 Å². The number of para-hydroxylation sites is 1. The molecule has 2 aliphatic heterocycles. The van der Waals surface area contributed by atoms with Gasteiger partial charge < -0.3 is 9.64 Å². The van der Waals surface area contributed by atoms with Crippen molar-refractivity contribution in [1.82, 2.24) is 9.80 Å². The molecule has 2 unspecified atom stereocenters. The van der Waals surface area contributed by atoms with E-state index < -0.39 is 0 Å². The minimum absolute atomic E-state index is 0.00143. The minimum Gasteiger partial charge on any atom is -0.486 e. The Bertz CT molecular complexity index is 779. The lowest BCUT2D eigenvalue weighted by atomic mass is 10.1. The molecular weight excluding hydrogens is 307 g/mol. The summed E-state index contributed by atoms with van der Waals surface area (Å²) in [7, 11) is 1.83. The van der Waals surface area contributed by atoms with Crippen molar-refractivity contribution < 1.29 is 13.9 Å². The van der Waals surface area contributed by atoms with Crippen LogP contribution in [0.15, 0.2) is 48.5 Å². The molecule has 124 valence electrons. The van der Waals surface area contributed by atoms with Crippen LogP contribution < -0.4 is 4.74 Å². The smallest absolute Gasteiger partial charge is 0.257 e. The zero-order valence-corrected chi connectivity index (χ0v) is 13.5. The molecule has 0 aliphatic carbocycles. The number of rotatable bonds is 2. The highest BCUT2D eigenvalue weighted by Gasteiger charge is 2.41. The SMILES string of the molecule is CN1C(=O)c2ccccc2OC2CN(Cc3cccc(F)c3)CC21. The number of nitrogens with zero attached hydrogens (tertiary/aromatic N) is 2. The first-order chi connectivity index (χ1) is 11.6. The Morgan fingerprint density at radius 3 is 2.83 bits per heavy atom. The number of amides is 1. The molecule has 0 bridgehead atoms. The van der Waals surface area contributed by atoms with Crippen molar-refractivity contribution in [3.8, 4) is 5.75 Å². The number of carbonyl (C=O) groups is 1. The van der Waals surface area contributed by atoms with Gasteiger partial charge in [0.25, 0.3) is 5.91 Å². The zero-order valence-electron chi connectivity index (χ0n) is 13.5. The van der Waals surface area contributed by atoms with Crippen molar-refractivity contribution in [2.45, 2.75) is 18.7 Å². The first-order valence-corrected chi connectivity index (χ1v) is 8.11. The van der Waals surface area contributed by atoms with Crippen LogP contribution >= 0.6 is 0 Å². The van der Waals surface area contributed by atoms with Gasteiger partial charge in [0, 0.05) is 26.7 Å². The molecule has 2 atom stereocenters. The molecule has 4 rings (SSSR count). The normalized spacial score (nSPS) is 23.4. The molecule has 0 radical (unpaired) electrons. The van der Waals surface area contributed by atoms with Gasteiger partial charge in [-0.15, -0.1) is 0 Å². The predicted octanol–water partition coefficient (Wildman–Crippen LogP) is 2.54. The standard InChI is InChI=1S/C19H19FN2O2/c1-21-16-11-22(10-13-5-4-6-14(20)9-13)12-18(16)24-17-8-3-2-7-15(17)19(21)23/h2-9,16,18H,10-12H2,1H3. The second-order valence-corrected chi connectivity index (χ2v) is 6.46. The molecule has 2 aromatic carbocycles. The van der Waals surface area contributed by atoms with Crippen LogP contribution in [0.5, 0.6) is 5.75 Å². The van der Waals surface area contributed by atoms with Crippen molar-refractivity contribution in [3.05, 3.63) is 65.5 Å². The van der Waals surface area contributed by atoms with Gasteiger partial charge >= 0.3 is 0 Å². The Morgan fingerprint density at radius 2 is 2.00 bits per heavy atom. The van der Waals surface area contributed by atoms with Crippen LogP contribution in [0, 0.1) is 5.82 Å². The number of benzene rings is 2. The van der Waals surface area contributed by atoms with E-state index in [1.165, 1.54) is 6.07 Å². The summed E-state index contributed by atoms with van der Waals surface area (Å²) in [6, 6.07) is 14.0. The molecule has 0 saturated carbocycles. The molecular formula is C19H19FN2O2. The average Bonchev–Trinajstić information content (AvgIpc) is 2.92. The van der Waals surface area contributed by atoms with E-state index in [-0.39, 0.29) is 23.9 Å². The highest BCUT2D eigenvalue weighted by Crippen LogP contribution is 2.30. The molecule has 1 fully saturated rings. The lowest BCUT2D eigenvalue weighted by molar-refractivity contribution is 0.0682. The summed E-state index contributed by atoms with van der Waals surface area (Å²) in [4.78, 5) is 16.7. The van der Waals surface area contributed by atoms with Gasteiger partial charge in [-0.3, -0.25) is 9.69 Å². The lowest BCUT2D eigenvalue weighted by Crippen LogP contribution is -2.44. The molecule has 5 heteroatoms. The monoisotopic (exact) mass is 326 g/mol. The molecule has 24 heavy (non-hydrogen) atoms. The van der Waals surface area contributed by atoms with Crippen LogP contribution in [0.25, 0.3) is 0 Å². The van der Waals surface area contributed by atoms with Gasteiger partial charge in [0.2, 0.25) is 0 Å². The third-order valence-corrected chi connectivity index (χ3v) is 4.82. The Morgan fingerprint density at radius 1 is 1.17 bits per heavy atom. The molecule has 1 amide bonds. The maximum Gasteiger partial charge on any atom is 0.257 e. The van der Waals surface area contributed by atoms with Gasteiger partial charge in [-0.1, -0.05) is 24.3 Å². The van der Waals surface area contributed by atoms with E-state index in [4.69, 9.17) is 4.74 Å². The van der Waals surface area contributed by atoms with Crippen LogP contribution in [0.2, 0.25) is 0 Å². The molecule has 2 aliphatic rings. The second kappa shape index (κ2) is 5.91. The number of likely N-dealkylation sites (tertiary alicyclic amines) is 1. The van der Waals surface area contributed by atoms with Crippen molar-refractivity contribution in [2.24, 2.45) is 0 Å². The molecule has 0 aromatic heterocycles. The number of carbonyl (C=O) groups excluding carboxylic acids is 1. The van der Waals surface area contributed by atoms with Gasteiger partial charge in [-0.05, 0) is 29.8 Å². The van der Waals surface area contributed by atoms with E-state index in [9.17, 15) is 9.18 Å². The topological polar surface area (TPSA) is 32.8 Å². The average molecular weight is 326 g/mol. The summed E-state index contributed by atoms with van der Waals surface area (Å²) in [6.07, 6.45) is -0.0730. The van der Waals surface area contributed by atoms with Crippen molar-refractivity contribution >= 4 is 5.91 Å². The van der Waals surface area contributed by atoms with Crippen LogP contribution in [-0.2, 0) is 6.54 Å². The van der Waals surface area contributed by atoms with Crippen molar-refractivity contribution in [3.63, 3.8) is 0 Å². The second-order valence-electron chi connectivity index (χ2n) is 6.46. The Kier molecular flexibility index (Phi) is 3.73. The summed E-state index contributed by atoms with van der Waals surface area (Å²) in [6.45, 7) is 2.09. The maximum atomic E-state index is 13.4. The van der Waals surface area contributed by atoms with E-state index in [0.717, 1.165) is 12.1 Å². The third-order valence-electron chi connectivity index (χ3n) is 4.82. The molecule has 0 spiro atoms. The summed E-state index contributed by atoms with van der Waals surface area (Å²) >= 11 is 0. The fraction of sp³-hybridized carbons (Fsp3) is 0.316. The van der Waals surface area contributed by atoms with Gasteiger partial charge in [0.05, 0.1) is 11.6 Å². The van der Waals surface area contributed by atoms with Crippen molar-refractivity contribution in [1.29, 1.82) is 0 Å². The van der Waals surface area contributed by atoms with Gasteiger partial charge in [-0.25, -0.2) is 4.39 Å². The van der Waals surface area contributed by atoms with Gasteiger partial charge in [-0.2, -0.15) is 0 Å². The number of hydrogen-bond acceptors (Lipinski definition) is 3. The Hall–Kier alpha value is -2.40. The van der Waals surface area contributed by atoms with E-state index in [2.05, 4.69) is 4.90 Å². The summed E-state index contributed by atoms with van der Waals surface area (Å²) in [5.74, 6) is 0.415. The first kappa shape index (κ1) is 15.1. The molecule has 2 heterocycles. The van der Waals surface area contributed by atoms with E-state index in [1.807, 2.05) is 31.3 Å². The Labute approximate surface area is 140 Å². The Balaban J connectivity index is 1.56. The van der Waals surface area contributed by atoms with Crippen LogP contribution in [0.1, 0.15) is 15.9 Å². The highest BCUT2D eigenvalue weighted by molar-refractivity contribution is 5.97. The fourth-order valence-corrected chi connectivity index (χ4v) is 3.59. The van der Waals surface area contributed by atoms with Crippen LogP contribution in [0.3, 0.4) is 0 Å². The minimum atomic E-state index is -0.224. The van der Waals surface area contributed by atoms with E-state index in [0.29, 0.717) is 24.4 Å². The third kappa shape index (κ3) is 2.65. The number of ether oxygens (including phenoxy) is 1. The predicted molar refractivity (Wildman–Crippen MR) is 88.4 cm³/mol. The van der Waals surface area contributed by atoms with E-state index >= 15 is 0 Å². The molecule has 2 aromatic rings. The summed E-state index contributed by atoms with van der Waals surface area (Å²) < 4.78 is 19.5. The quantitative estimate of drug-likeness (QED) is 0.850. The van der Waals surface area contributed by atoms with E-state index in [1.54, 1.807) is 23.1 Å².